The summed E-state index contributed by atoms with van der Waals surface area (Å²) < 4.78 is 52.0. The first kappa shape index (κ1) is 20.6. The fourth-order valence-electron chi connectivity index (χ4n) is 2.55. The molecule has 4 nitrogen and oxygen atoms in total. The van der Waals surface area contributed by atoms with E-state index in [0.29, 0.717) is 0 Å². The number of anilines is 1. The molecule has 0 fully saturated rings. The SMILES string of the molecule is CC(CC(=O)Nc1cc(CN)cc(C(F)(F)F)c1)C(=O)c1cccc(F)c1. The summed E-state index contributed by atoms with van der Waals surface area (Å²) in [4.78, 5) is 24.4. The van der Waals surface area contributed by atoms with Gasteiger partial charge in [-0.15, -0.1) is 0 Å². The predicted octanol–water partition coefficient (Wildman–Crippen LogP) is 4.15. The topological polar surface area (TPSA) is 72.2 Å². The number of carbonyl (C=O) groups is 2. The van der Waals surface area contributed by atoms with Gasteiger partial charge in [-0.2, -0.15) is 13.2 Å². The molecule has 0 aromatic heterocycles. The van der Waals surface area contributed by atoms with Gasteiger partial charge in [0, 0.05) is 30.1 Å². The van der Waals surface area contributed by atoms with E-state index in [1.54, 1.807) is 0 Å². The number of carbonyl (C=O) groups excluding carboxylic acids is 2. The average molecular weight is 382 g/mol. The van der Waals surface area contributed by atoms with Crippen molar-refractivity contribution in [2.75, 3.05) is 5.32 Å². The molecule has 0 saturated heterocycles. The number of benzene rings is 2. The van der Waals surface area contributed by atoms with E-state index in [9.17, 15) is 27.2 Å². The molecular formula is C19H18F4N2O2. The zero-order chi connectivity index (χ0) is 20.2. The largest absolute Gasteiger partial charge is 0.416 e. The van der Waals surface area contributed by atoms with Crippen LogP contribution in [0.2, 0.25) is 0 Å². The van der Waals surface area contributed by atoms with Crippen molar-refractivity contribution in [1.82, 2.24) is 0 Å². The number of amides is 1. The summed E-state index contributed by atoms with van der Waals surface area (Å²) >= 11 is 0. The van der Waals surface area contributed by atoms with Crippen molar-refractivity contribution >= 4 is 17.4 Å². The molecular weight excluding hydrogens is 364 g/mol. The minimum Gasteiger partial charge on any atom is -0.326 e. The Labute approximate surface area is 153 Å². The van der Waals surface area contributed by atoms with Gasteiger partial charge in [-0.3, -0.25) is 9.59 Å². The monoisotopic (exact) mass is 382 g/mol. The van der Waals surface area contributed by atoms with Gasteiger partial charge in [0.25, 0.3) is 0 Å². The number of Topliss-reactive ketones (excluding diaryl/α,β-unsaturated/α-hetero) is 1. The molecule has 2 aromatic carbocycles. The Morgan fingerprint density at radius 1 is 1.15 bits per heavy atom. The van der Waals surface area contributed by atoms with Crippen LogP contribution in [-0.2, 0) is 17.5 Å². The van der Waals surface area contributed by atoms with E-state index in [2.05, 4.69) is 5.32 Å². The van der Waals surface area contributed by atoms with Crippen molar-refractivity contribution in [3.63, 3.8) is 0 Å². The number of hydrogen-bond donors (Lipinski definition) is 2. The van der Waals surface area contributed by atoms with Crippen molar-refractivity contribution in [1.29, 1.82) is 0 Å². The van der Waals surface area contributed by atoms with E-state index in [1.807, 2.05) is 0 Å². The second-order valence-corrected chi connectivity index (χ2v) is 6.15. The van der Waals surface area contributed by atoms with Gasteiger partial charge in [-0.25, -0.2) is 4.39 Å². The quantitative estimate of drug-likeness (QED) is 0.582. The highest BCUT2D eigenvalue weighted by Crippen LogP contribution is 2.32. The van der Waals surface area contributed by atoms with Gasteiger partial charge in [0.2, 0.25) is 5.91 Å². The van der Waals surface area contributed by atoms with Gasteiger partial charge in [0.1, 0.15) is 5.82 Å². The summed E-state index contributed by atoms with van der Waals surface area (Å²) in [7, 11) is 0. The van der Waals surface area contributed by atoms with Crippen LogP contribution in [0.3, 0.4) is 0 Å². The van der Waals surface area contributed by atoms with Crippen molar-refractivity contribution in [2.45, 2.75) is 26.1 Å². The molecule has 0 aliphatic rings. The molecule has 0 radical (unpaired) electrons. The zero-order valence-corrected chi connectivity index (χ0v) is 14.4. The number of rotatable bonds is 6. The van der Waals surface area contributed by atoms with Crippen LogP contribution < -0.4 is 11.1 Å². The molecule has 1 unspecified atom stereocenters. The van der Waals surface area contributed by atoms with Gasteiger partial charge < -0.3 is 11.1 Å². The molecule has 3 N–H and O–H groups in total. The molecule has 0 heterocycles. The fraction of sp³-hybridized carbons (Fsp3) is 0.263. The van der Waals surface area contributed by atoms with Crippen LogP contribution in [0, 0.1) is 11.7 Å². The first-order valence-corrected chi connectivity index (χ1v) is 8.11. The van der Waals surface area contributed by atoms with Gasteiger partial charge in [-0.1, -0.05) is 19.1 Å². The van der Waals surface area contributed by atoms with Crippen LogP contribution >= 0.6 is 0 Å². The summed E-state index contributed by atoms with van der Waals surface area (Å²) in [5.74, 6) is -2.41. The minimum absolute atomic E-state index is 0.0549. The number of nitrogens with two attached hydrogens (primary N) is 1. The van der Waals surface area contributed by atoms with E-state index in [4.69, 9.17) is 5.73 Å². The Morgan fingerprint density at radius 2 is 1.85 bits per heavy atom. The number of alkyl halides is 3. The second-order valence-electron chi connectivity index (χ2n) is 6.15. The summed E-state index contributed by atoms with van der Waals surface area (Å²) in [6.45, 7) is 1.37. The summed E-state index contributed by atoms with van der Waals surface area (Å²) in [5, 5.41) is 2.36. The number of hydrogen-bond acceptors (Lipinski definition) is 3. The number of ketones is 1. The van der Waals surface area contributed by atoms with E-state index in [-0.39, 0.29) is 29.8 Å². The molecule has 1 amide bonds. The third-order valence-electron chi connectivity index (χ3n) is 3.89. The molecule has 1 atom stereocenters. The van der Waals surface area contributed by atoms with Crippen LogP contribution in [0.5, 0.6) is 0 Å². The number of halogens is 4. The maximum atomic E-state index is 13.2. The van der Waals surface area contributed by atoms with Crippen molar-refractivity contribution in [3.05, 3.63) is 65.0 Å². The van der Waals surface area contributed by atoms with Crippen LogP contribution in [-0.4, -0.2) is 11.7 Å². The van der Waals surface area contributed by atoms with Crippen molar-refractivity contribution < 1.29 is 27.2 Å². The summed E-state index contributed by atoms with van der Waals surface area (Å²) in [5.41, 5.74) is 4.76. The second kappa shape index (κ2) is 8.30. The summed E-state index contributed by atoms with van der Waals surface area (Å²) in [6.07, 6.45) is -4.84. The first-order valence-electron chi connectivity index (χ1n) is 8.11. The molecule has 0 bridgehead atoms. The lowest BCUT2D eigenvalue weighted by atomic mass is 9.96. The fourth-order valence-corrected chi connectivity index (χ4v) is 2.55. The molecule has 0 aliphatic carbocycles. The molecule has 0 aliphatic heterocycles. The lowest BCUT2D eigenvalue weighted by Gasteiger charge is -2.14. The van der Waals surface area contributed by atoms with Crippen molar-refractivity contribution in [2.24, 2.45) is 11.7 Å². The Bertz CT molecular complexity index is 850. The molecule has 2 aromatic rings. The van der Waals surface area contributed by atoms with Gasteiger partial charge >= 0.3 is 6.18 Å². The van der Waals surface area contributed by atoms with Crippen LogP contribution in [0.1, 0.15) is 34.8 Å². The first-order chi connectivity index (χ1) is 12.6. The normalized spacial score (nSPS) is 12.5. The maximum absolute atomic E-state index is 13.2. The lowest BCUT2D eigenvalue weighted by Crippen LogP contribution is -2.21. The highest BCUT2D eigenvalue weighted by atomic mass is 19.4. The van der Waals surface area contributed by atoms with Gasteiger partial charge in [0.15, 0.2) is 5.78 Å². The number of nitrogens with one attached hydrogen (secondary N) is 1. The Morgan fingerprint density at radius 3 is 2.44 bits per heavy atom. The van der Waals surface area contributed by atoms with E-state index in [1.165, 1.54) is 31.2 Å². The zero-order valence-electron chi connectivity index (χ0n) is 14.4. The van der Waals surface area contributed by atoms with Crippen molar-refractivity contribution in [3.8, 4) is 0 Å². The Balaban J connectivity index is 2.10. The molecule has 0 saturated carbocycles. The van der Waals surface area contributed by atoms with Gasteiger partial charge in [0.05, 0.1) is 5.56 Å². The van der Waals surface area contributed by atoms with Crippen LogP contribution in [0.4, 0.5) is 23.2 Å². The Kier molecular flexibility index (Phi) is 6.32. The minimum atomic E-state index is -4.58. The van der Waals surface area contributed by atoms with E-state index >= 15 is 0 Å². The molecule has 0 spiro atoms. The van der Waals surface area contributed by atoms with E-state index in [0.717, 1.165) is 18.2 Å². The Hall–Kier alpha value is -2.74. The highest BCUT2D eigenvalue weighted by molar-refractivity contribution is 6.01. The van der Waals surface area contributed by atoms with Gasteiger partial charge in [-0.05, 0) is 35.9 Å². The average Bonchev–Trinajstić information content (AvgIpc) is 2.59. The smallest absolute Gasteiger partial charge is 0.326 e. The molecule has 2 rings (SSSR count). The molecule has 8 heteroatoms. The third kappa shape index (κ3) is 5.62. The van der Waals surface area contributed by atoms with E-state index < -0.39 is 35.2 Å². The summed E-state index contributed by atoms with van der Waals surface area (Å²) in [6, 6.07) is 8.12. The molecule has 144 valence electrons. The maximum Gasteiger partial charge on any atom is 0.416 e. The predicted molar refractivity (Wildman–Crippen MR) is 92.5 cm³/mol. The molecule has 27 heavy (non-hydrogen) atoms. The van der Waals surface area contributed by atoms with Crippen LogP contribution in [0.25, 0.3) is 0 Å². The van der Waals surface area contributed by atoms with Crippen LogP contribution in [0.15, 0.2) is 42.5 Å². The standard InChI is InChI=1S/C19H18F4N2O2/c1-11(18(27)13-3-2-4-15(20)8-13)5-17(26)25-16-7-12(10-24)6-14(9-16)19(21,22)23/h2-4,6-9,11H,5,10,24H2,1H3,(H,25,26). The lowest BCUT2D eigenvalue weighted by molar-refractivity contribution is -0.137. The third-order valence-corrected chi connectivity index (χ3v) is 3.89. The highest BCUT2D eigenvalue weighted by Gasteiger charge is 2.31.